The summed E-state index contributed by atoms with van der Waals surface area (Å²) >= 11 is 1.75. The molecule has 1 heterocycles. The molecule has 17 heavy (non-hydrogen) atoms. The molecule has 0 saturated carbocycles. The number of terminal acetylenes is 1. The molecular formula is C13H18N2OS. The smallest absolute Gasteiger partial charge is 0.234 e. The molecule has 1 aromatic heterocycles. The van der Waals surface area contributed by atoms with E-state index in [0.717, 1.165) is 0 Å². The Bertz CT molecular complexity index is 431. The van der Waals surface area contributed by atoms with E-state index in [1.807, 2.05) is 6.92 Å². The van der Waals surface area contributed by atoms with Crippen LogP contribution in [0.4, 0.5) is 0 Å². The minimum Gasteiger partial charge on any atom is -0.348 e. The second-order valence-electron chi connectivity index (χ2n) is 3.97. The molecule has 0 spiro atoms. The fourth-order valence-electron chi connectivity index (χ4n) is 1.70. The molecular weight excluding hydrogens is 232 g/mol. The van der Waals surface area contributed by atoms with Gasteiger partial charge in [-0.2, -0.15) is 0 Å². The zero-order valence-corrected chi connectivity index (χ0v) is 11.3. The Morgan fingerprint density at radius 2 is 2.29 bits per heavy atom. The van der Waals surface area contributed by atoms with Gasteiger partial charge in [-0.1, -0.05) is 5.92 Å². The predicted molar refractivity (Wildman–Crippen MR) is 72.1 cm³/mol. The van der Waals surface area contributed by atoms with Gasteiger partial charge in [0.2, 0.25) is 5.91 Å². The van der Waals surface area contributed by atoms with Crippen LogP contribution in [-0.4, -0.2) is 19.0 Å². The Morgan fingerprint density at radius 1 is 1.59 bits per heavy atom. The molecule has 1 amide bonds. The van der Waals surface area contributed by atoms with Gasteiger partial charge in [-0.15, -0.1) is 17.8 Å². The van der Waals surface area contributed by atoms with Crippen LogP contribution in [0.3, 0.4) is 0 Å². The summed E-state index contributed by atoms with van der Waals surface area (Å²) in [5.41, 5.74) is 1.19. The van der Waals surface area contributed by atoms with Gasteiger partial charge in [0, 0.05) is 9.75 Å². The highest BCUT2D eigenvalue weighted by molar-refractivity contribution is 7.12. The minimum absolute atomic E-state index is 0.0315. The number of hydrogen-bond donors (Lipinski definition) is 2. The summed E-state index contributed by atoms with van der Waals surface area (Å²) in [4.78, 5) is 14.1. The number of hydrogen-bond acceptors (Lipinski definition) is 3. The minimum atomic E-state index is -0.0315. The topological polar surface area (TPSA) is 41.1 Å². The summed E-state index contributed by atoms with van der Waals surface area (Å²) < 4.78 is 0. The van der Waals surface area contributed by atoms with Gasteiger partial charge in [-0.05, 0) is 32.4 Å². The first-order chi connectivity index (χ1) is 8.04. The van der Waals surface area contributed by atoms with Gasteiger partial charge in [0.1, 0.15) is 0 Å². The maximum absolute atomic E-state index is 11.6. The number of amides is 1. The monoisotopic (exact) mass is 250 g/mol. The van der Waals surface area contributed by atoms with Crippen LogP contribution >= 0.6 is 11.3 Å². The Morgan fingerprint density at radius 3 is 2.82 bits per heavy atom. The van der Waals surface area contributed by atoms with E-state index >= 15 is 0 Å². The SMILES string of the molecule is C#CCNCC(=O)NC(C)c1cc(C)sc1C. The average Bonchev–Trinajstić information content (AvgIpc) is 2.58. The first-order valence-corrected chi connectivity index (χ1v) is 6.36. The van der Waals surface area contributed by atoms with Crippen molar-refractivity contribution in [1.29, 1.82) is 0 Å². The van der Waals surface area contributed by atoms with Crippen LogP contribution in [0.2, 0.25) is 0 Å². The molecule has 1 unspecified atom stereocenters. The lowest BCUT2D eigenvalue weighted by molar-refractivity contribution is -0.120. The van der Waals surface area contributed by atoms with E-state index in [4.69, 9.17) is 6.42 Å². The van der Waals surface area contributed by atoms with Crippen molar-refractivity contribution in [3.63, 3.8) is 0 Å². The largest absolute Gasteiger partial charge is 0.348 e. The van der Waals surface area contributed by atoms with Crippen molar-refractivity contribution in [3.8, 4) is 12.3 Å². The van der Waals surface area contributed by atoms with Crippen molar-refractivity contribution in [3.05, 3.63) is 21.4 Å². The van der Waals surface area contributed by atoms with Gasteiger partial charge in [0.15, 0.2) is 0 Å². The van der Waals surface area contributed by atoms with Crippen LogP contribution in [0.1, 0.15) is 28.3 Å². The molecule has 0 aliphatic carbocycles. The third-order valence-electron chi connectivity index (χ3n) is 2.44. The Labute approximate surface area is 107 Å². The van der Waals surface area contributed by atoms with Crippen molar-refractivity contribution >= 4 is 17.2 Å². The Hall–Kier alpha value is -1.31. The fourth-order valence-corrected chi connectivity index (χ4v) is 2.72. The first kappa shape index (κ1) is 13.8. The Kier molecular flexibility index (Phi) is 5.20. The van der Waals surface area contributed by atoms with E-state index < -0.39 is 0 Å². The van der Waals surface area contributed by atoms with Crippen molar-refractivity contribution < 1.29 is 4.79 Å². The molecule has 4 heteroatoms. The molecule has 3 nitrogen and oxygen atoms in total. The van der Waals surface area contributed by atoms with Gasteiger partial charge >= 0.3 is 0 Å². The third kappa shape index (κ3) is 4.22. The number of aryl methyl sites for hydroxylation is 2. The highest BCUT2D eigenvalue weighted by Crippen LogP contribution is 2.25. The third-order valence-corrected chi connectivity index (χ3v) is 3.42. The van der Waals surface area contributed by atoms with E-state index in [1.165, 1.54) is 15.3 Å². The maximum Gasteiger partial charge on any atom is 0.234 e. The molecule has 0 aromatic carbocycles. The second kappa shape index (κ2) is 6.43. The van der Waals surface area contributed by atoms with Gasteiger partial charge in [-0.3, -0.25) is 10.1 Å². The van der Waals surface area contributed by atoms with Gasteiger partial charge < -0.3 is 5.32 Å². The second-order valence-corrected chi connectivity index (χ2v) is 5.43. The predicted octanol–water partition coefficient (Wildman–Crippen LogP) is 1.76. The highest BCUT2D eigenvalue weighted by atomic mass is 32.1. The quantitative estimate of drug-likeness (QED) is 0.617. The molecule has 0 bridgehead atoms. The van der Waals surface area contributed by atoms with Gasteiger partial charge in [0.25, 0.3) is 0 Å². The number of nitrogens with one attached hydrogen (secondary N) is 2. The van der Waals surface area contributed by atoms with E-state index in [0.29, 0.717) is 6.54 Å². The van der Waals surface area contributed by atoms with E-state index in [2.05, 4.69) is 36.5 Å². The van der Waals surface area contributed by atoms with Crippen LogP contribution in [0, 0.1) is 26.2 Å². The average molecular weight is 250 g/mol. The summed E-state index contributed by atoms with van der Waals surface area (Å²) in [6.45, 7) is 6.82. The van der Waals surface area contributed by atoms with Gasteiger partial charge in [-0.25, -0.2) is 0 Å². The van der Waals surface area contributed by atoms with Crippen molar-refractivity contribution in [2.75, 3.05) is 13.1 Å². The zero-order valence-electron chi connectivity index (χ0n) is 10.5. The van der Waals surface area contributed by atoms with Crippen LogP contribution in [0.15, 0.2) is 6.07 Å². The summed E-state index contributed by atoms with van der Waals surface area (Å²) in [5.74, 6) is 2.40. The zero-order chi connectivity index (χ0) is 12.8. The molecule has 1 rings (SSSR count). The number of carbonyl (C=O) groups excluding carboxylic acids is 1. The standard InChI is InChI=1S/C13H18N2OS/c1-5-6-14-8-13(16)15-10(3)12-7-9(2)17-11(12)4/h1,7,10,14H,6,8H2,2-4H3,(H,15,16). The number of rotatable bonds is 5. The Balaban J connectivity index is 2.49. The van der Waals surface area contributed by atoms with Gasteiger partial charge in [0.05, 0.1) is 19.1 Å². The van der Waals surface area contributed by atoms with Crippen LogP contribution in [0.5, 0.6) is 0 Å². The molecule has 1 aromatic rings. The summed E-state index contributed by atoms with van der Waals surface area (Å²) in [5, 5.41) is 5.81. The highest BCUT2D eigenvalue weighted by Gasteiger charge is 2.13. The van der Waals surface area contributed by atoms with E-state index in [-0.39, 0.29) is 18.5 Å². The first-order valence-electron chi connectivity index (χ1n) is 5.55. The molecule has 0 saturated heterocycles. The van der Waals surface area contributed by atoms with Crippen molar-refractivity contribution in [2.45, 2.75) is 26.8 Å². The lowest BCUT2D eigenvalue weighted by Gasteiger charge is -2.13. The summed E-state index contributed by atoms with van der Waals surface area (Å²) in [7, 11) is 0. The molecule has 2 N–H and O–H groups in total. The molecule has 1 atom stereocenters. The van der Waals surface area contributed by atoms with Crippen LogP contribution in [0.25, 0.3) is 0 Å². The van der Waals surface area contributed by atoms with Crippen LogP contribution < -0.4 is 10.6 Å². The lowest BCUT2D eigenvalue weighted by Crippen LogP contribution is -2.35. The molecule has 0 radical (unpaired) electrons. The van der Waals surface area contributed by atoms with Crippen molar-refractivity contribution in [1.82, 2.24) is 10.6 Å². The van der Waals surface area contributed by atoms with E-state index in [9.17, 15) is 4.79 Å². The molecule has 0 aliphatic rings. The number of thiophene rings is 1. The summed E-state index contributed by atoms with van der Waals surface area (Å²) in [6.07, 6.45) is 5.09. The lowest BCUT2D eigenvalue weighted by atomic mass is 10.1. The summed E-state index contributed by atoms with van der Waals surface area (Å²) in [6, 6.07) is 2.17. The maximum atomic E-state index is 11.6. The van der Waals surface area contributed by atoms with E-state index in [1.54, 1.807) is 11.3 Å². The normalized spacial score (nSPS) is 11.9. The molecule has 92 valence electrons. The molecule has 0 aliphatic heterocycles. The van der Waals surface area contributed by atoms with Crippen molar-refractivity contribution in [2.24, 2.45) is 0 Å². The fraction of sp³-hybridized carbons (Fsp3) is 0.462. The number of carbonyl (C=O) groups is 1. The molecule has 0 fully saturated rings. The van der Waals surface area contributed by atoms with Crippen LogP contribution in [-0.2, 0) is 4.79 Å².